The zero-order valence-electron chi connectivity index (χ0n) is 13.8. The smallest absolute Gasteiger partial charge is 0.222 e. The average Bonchev–Trinajstić information content (AvgIpc) is 2.84. The molecule has 0 amide bonds. The molecule has 8 heteroatoms. The Labute approximate surface area is 168 Å². The number of aromatic nitrogens is 1. The first kappa shape index (κ1) is 19.0. The monoisotopic (exact) mass is 456 g/mol. The molecule has 1 heterocycles. The van der Waals surface area contributed by atoms with E-state index in [1.807, 2.05) is 13.0 Å². The van der Waals surface area contributed by atoms with Crippen LogP contribution < -0.4 is 4.74 Å². The zero-order chi connectivity index (χ0) is 18.8. The maximum absolute atomic E-state index is 11.2. The molecular formula is C18H15BrCl2N2O3. The van der Waals surface area contributed by atoms with Crippen molar-refractivity contribution >= 4 is 55.7 Å². The van der Waals surface area contributed by atoms with Gasteiger partial charge in [-0.15, -0.1) is 4.91 Å². The Morgan fingerprint density at radius 1 is 1.27 bits per heavy atom. The standard InChI is InChI=1S/C18H15BrCl2N2O3/c1-10-7-11(19)8-13-16(22-25)18(24)23(17(10)13)5-2-6-26-15-4-3-12(20)9-14(15)21/h3-4,7-9,24H,2,5-6H2,1H3. The van der Waals surface area contributed by atoms with Crippen LogP contribution in [0.3, 0.4) is 0 Å². The highest BCUT2D eigenvalue weighted by Gasteiger charge is 2.19. The highest BCUT2D eigenvalue weighted by atomic mass is 79.9. The molecule has 0 bridgehead atoms. The summed E-state index contributed by atoms with van der Waals surface area (Å²) in [6.45, 7) is 2.77. The van der Waals surface area contributed by atoms with Crippen LogP contribution in [0, 0.1) is 11.8 Å². The predicted octanol–water partition coefficient (Wildman–Crippen LogP) is 6.59. The quantitative estimate of drug-likeness (QED) is 0.335. The van der Waals surface area contributed by atoms with Crippen LogP contribution >= 0.6 is 39.1 Å². The molecule has 0 radical (unpaired) electrons. The van der Waals surface area contributed by atoms with Gasteiger partial charge in [-0.05, 0) is 54.4 Å². The van der Waals surface area contributed by atoms with Gasteiger partial charge in [0.15, 0.2) is 5.69 Å². The van der Waals surface area contributed by atoms with Gasteiger partial charge in [0.05, 0.1) is 17.1 Å². The number of ether oxygens (including phenoxy) is 1. The van der Waals surface area contributed by atoms with E-state index in [2.05, 4.69) is 21.1 Å². The maximum atomic E-state index is 11.2. The van der Waals surface area contributed by atoms with Crippen LogP contribution in [0.4, 0.5) is 5.69 Å². The summed E-state index contributed by atoms with van der Waals surface area (Å²) >= 11 is 15.4. The second-order valence-electron chi connectivity index (χ2n) is 5.81. The van der Waals surface area contributed by atoms with E-state index in [0.717, 1.165) is 15.6 Å². The van der Waals surface area contributed by atoms with Gasteiger partial charge in [0.25, 0.3) is 0 Å². The number of benzene rings is 2. The van der Waals surface area contributed by atoms with Gasteiger partial charge in [-0.3, -0.25) is 0 Å². The van der Waals surface area contributed by atoms with Gasteiger partial charge in [-0.2, -0.15) is 0 Å². The lowest BCUT2D eigenvalue weighted by molar-refractivity contribution is 0.298. The third-order valence-corrected chi connectivity index (χ3v) is 5.01. The van der Waals surface area contributed by atoms with Crippen LogP contribution in [-0.2, 0) is 6.54 Å². The van der Waals surface area contributed by atoms with Crippen molar-refractivity contribution < 1.29 is 9.84 Å². The molecule has 0 aliphatic heterocycles. The first-order valence-corrected chi connectivity index (χ1v) is 9.39. The van der Waals surface area contributed by atoms with E-state index in [-0.39, 0.29) is 11.6 Å². The lowest BCUT2D eigenvalue weighted by Gasteiger charge is -2.11. The highest BCUT2D eigenvalue weighted by Crippen LogP contribution is 2.41. The number of nitroso groups, excluding NO2 is 1. The zero-order valence-corrected chi connectivity index (χ0v) is 16.9. The Morgan fingerprint density at radius 2 is 2.04 bits per heavy atom. The van der Waals surface area contributed by atoms with E-state index in [4.69, 9.17) is 27.9 Å². The molecule has 3 rings (SSSR count). The van der Waals surface area contributed by atoms with Gasteiger partial charge < -0.3 is 14.4 Å². The molecule has 1 N–H and O–H groups in total. The molecule has 3 aromatic rings. The molecule has 0 fully saturated rings. The van der Waals surface area contributed by atoms with E-state index in [0.29, 0.717) is 40.8 Å². The van der Waals surface area contributed by atoms with Crippen LogP contribution in [-0.4, -0.2) is 16.3 Å². The van der Waals surface area contributed by atoms with E-state index in [1.165, 1.54) is 0 Å². The van der Waals surface area contributed by atoms with Crippen molar-refractivity contribution in [2.75, 3.05) is 6.61 Å². The normalized spacial score (nSPS) is 11.1. The minimum absolute atomic E-state index is 0.0473. The average molecular weight is 458 g/mol. The molecule has 0 saturated heterocycles. The molecule has 1 aromatic heterocycles. The second kappa shape index (κ2) is 7.86. The third-order valence-electron chi connectivity index (χ3n) is 4.03. The summed E-state index contributed by atoms with van der Waals surface area (Å²) in [6.07, 6.45) is 0.601. The Balaban J connectivity index is 1.79. The molecule has 5 nitrogen and oxygen atoms in total. The number of hydrogen-bond donors (Lipinski definition) is 1. The van der Waals surface area contributed by atoms with Crippen molar-refractivity contribution in [3.05, 3.63) is 55.3 Å². The van der Waals surface area contributed by atoms with Crippen molar-refractivity contribution in [3.8, 4) is 11.6 Å². The minimum Gasteiger partial charge on any atom is -0.493 e. The number of fused-ring (bicyclic) bond motifs is 1. The van der Waals surface area contributed by atoms with Crippen LogP contribution in [0.2, 0.25) is 10.0 Å². The lowest BCUT2D eigenvalue weighted by Crippen LogP contribution is -2.05. The molecule has 0 aliphatic rings. The number of aromatic hydroxyl groups is 1. The molecule has 26 heavy (non-hydrogen) atoms. The summed E-state index contributed by atoms with van der Waals surface area (Å²) in [4.78, 5) is 11.2. The molecule has 0 atom stereocenters. The number of rotatable bonds is 6. The summed E-state index contributed by atoms with van der Waals surface area (Å²) < 4.78 is 8.18. The molecule has 0 unspecified atom stereocenters. The fraction of sp³-hybridized carbons (Fsp3) is 0.222. The fourth-order valence-electron chi connectivity index (χ4n) is 2.93. The molecular weight excluding hydrogens is 443 g/mol. The van der Waals surface area contributed by atoms with Crippen LogP contribution in [0.25, 0.3) is 10.9 Å². The predicted molar refractivity (Wildman–Crippen MR) is 108 cm³/mol. The van der Waals surface area contributed by atoms with Crippen molar-refractivity contribution in [1.82, 2.24) is 4.57 Å². The van der Waals surface area contributed by atoms with Gasteiger partial charge >= 0.3 is 0 Å². The van der Waals surface area contributed by atoms with E-state index >= 15 is 0 Å². The molecule has 136 valence electrons. The van der Waals surface area contributed by atoms with E-state index in [1.54, 1.807) is 28.8 Å². The van der Waals surface area contributed by atoms with Crippen molar-refractivity contribution in [3.63, 3.8) is 0 Å². The van der Waals surface area contributed by atoms with Gasteiger partial charge in [0.1, 0.15) is 5.75 Å². The van der Waals surface area contributed by atoms with E-state index in [9.17, 15) is 10.0 Å². The van der Waals surface area contributed by atoms with Crippen LogP contribution in [0.15, 0.2) is 40.0 Å². The summed E-state index contributed by atoms with van der Waals surface area (Å²) in [7, 11) is 0. The number of hydrogen-bond acceptors (Lipinski definition) is 4. The Kier molecular flexibility index (Phi) is 5.75. The third kappa shape index (κ3) is 3.68. The van der Waals surface area contributed by atoms with Crippen molar-refractivity contribution in [1.29, 1.82) is 0 Å². The summed E-state index contributed by atoms with van der Waals surface area (Å²) in [6, 6.07) is 8.74. The first-order valence-electron chi connectivity index (χ1n) is 7.85. The Hall–Kier alpha value is -1.76. The van der Waals surface area contributed by atoms with Gasteiger partial charge in [-0.1, -0.05) is 39.1 Å². The van der Waals surface area contributed by atoms with E-state index < -0.39 is 0 Å². The fourth-order valence-corrected chi connectivity index (χ4v) is 3.97. The van der Waals surface area contributed by atoms with Gasteiger partial charge in [0.2, 0.25) is 5.88 Å². The van der Waals surface area contributed by atoms with Crippen LogP contribution in [0.1, 0.15) is 12.0 Å². The SMILES string of the molecule is Cc1cc(Br)cc2c(N=O)c(O)n(CCCOc3ccc(Cl)cc3Cl)c12. The molecule has 0 aliphatic carbocycles. The number of nitrogens with zero attached hydrogens (tertiary/aromatic N) is 2. The van der Waals surface area contributed by atoms with Gasteiger partial charge in [-0.25, -0.2) is 0 Å². The van der Waals surface area contributed by atoms with Gasteiger partial charge in [0, 0.05) is 21.4 Å². The summed E-state index contributed by atoms with van der Waals surface area (Å²) in [5, 5.41) is 15.0. The second-order valence-corrected chi connectivity index (χ2v) is 7.57. The number of aryl methyl sites for hydroxylation is 2. The first-order chi connectivity index (χ1) is 12.4. The topological polar surface area (TPSA) is 63.8 Å². The molecule has 0 spiro atoms. The van der Waals surface area contributed by atoms with Crippen molar-refractivity contribution in [2.24, 2.45) is 5.18 Å². The van der Waals surface area contributed by atoms with Crippen LogP contribution in [0.5, 0.6) is 11.6 Å². The largest absolute Gasteiger partial charge is 0.493 e. The molecule has 0 saturated carbocycles. The number of halogens is 3. The Bertz CT molecular complexity index is 988. The summed E-state index contributed by atoms with van der Waals surface area (Å²) in [5.74, 6) is 0.411. The maximum Gasteiger partial charge on any atom is 0.222 e. The minimum atomic E-state index is -0.138. The highest BCUT2D eigenvalue weighted by molar-refractivity contribution is 9.10. The summed E-state index contributed by atoms with van der Waals surface area (Å²) in [5.41, 5.74) is 1.76. The Morgan fingerprint density at radius 3 is 2.73 bits per heavy atom. The molecule has 2 aromatic carbocycles. The lowest BCUT2D eigenvalue weighted by atomic mass is 10.1. The van der Waals surface area contributed by atoms with Crippen molar-refractivity contribution in [2.45, 2.75) is 19.9 Å².